The second-order valence-electron chi connectivity index (χ2n) is 5.14. The Morgan fingerprint density at radius 1 is 1.25 bits per heavy atom. The molecule has 1 aliphatic heterocycles. The molecule has 0 amide bonds. The van der Waals surface area contributed by atoms with Crippen LogP contribution in [0.3, 0.4) is 0 Å². The summed E-state index contributed by atoms with van der Waals surface area (Å²) in [5, 5.41) is 0. The van der Waals surface area contributed by atoms with E-state index >= 15 is 0 Å². The molecule has 3 heteroatoms. The van der Waals surface area contributed by atoms with Gasteiger partial charge in [-0.15, -0.1) is 0 Å². The summed E-state index contributed by atoms with van der Waals surface area (Å²) in [7, 11) is 0. The van der Waals surface area contributed by atoms with Crippen LogP contribution in [-0.2, 0) is 0 Å². The van der Waals surface area contributed by atoms with Crippen LogP contribution in [0.5, 0.6) is 0 Å². The lowest BCUT2D eigenvalue weighted by molar-refractivity contribution is 0.162. The van der Waals surface area contributed by atoms with Crippen LogP contribution in [0.25, 0.3) is 0 Å². The average molecular weight is 244 g/mol. The Morgan fingerprint density at radius 2 is 2.00 bits per heavy atom. The highest BCUT2D eigenvalue weighted by atomic mass is 32.2. The average Bonchev–Trinajstić information content (AvgIpc) is 2.28. The number of nitrogens with two attached hydrogens (primary N) is 1. The first kappa shape index (κ1) is 14.3. The van der Waals surface area contributed by atoms with Crippen molar-refractivity contribution in [1.82, 2.24) is 4.90 Å². The molecule has 0 saturated carbocycles. The second kappa shape index (κ2) is 8.37. The van der Waals surface area contributed by atoms with Gasteiger partial charge >= 0.3 is 0 Å². The van der Waals surface area contributed by atoms with Crippen LogP contribution in [0.2, 0.25) is 0 Å². The van der Waals surface area contributed by atoms with Gasteiger partial charge in [0.2, 0.25) is 0 Å². The minimum Gasteiger partial charge on any atom is -0.327 e. The van der Waals surface area contributed by atoms with Gasteiger partial charge in [0, 0.05) is 12.6 Å². The second-order valence-corrected chi connectivity index (χ2v) is 6.12. The van der Waals surface area contributed by atoms with Gasteiger partial charge in [0.05, 0.1) is 0 Å². The molecule has 0 aromatic rings. The molecule has 0 radical (unpaired) electrons. The molecule has 2 N–H and O–H groups in total. The van der Waals surface area contributed by atoms with E-state index in [1.54, 1.807) is 0 Å². The van der Waals surface area contributed by atoms with E-state index in [4.69, 9.17) is 5.73 Å². The van der Waals surface area contributed by atoms with Gasteiger partial charge in [-0.1, -0.05) is 19.8 Å². The zero-order chi connectivity index (χ0) is 11.8. The number of hydrogen-bond donors (Lipinski definition) is 1. The third-order valence-electron chi connectivity index (χ3n) is 3.63. The molecule has 1 saturated heterocycles. The van der Waals surface area contributed by atoms with Gasteiger partial charge in [-0.25, -0.2) is 0 Å². The lowest BCUT2D eigenvalue weighted by Crippen LogP contribution is -2.46. The molecule has 1 aliphatic rings. The fourth-order valence-corrected chi connectivity index (χ4v) is 2.88. The van der Waals surface area contributed by atoms with Crippen LogP contribution < -0.4 is 5.73 Å². The topological polar surface area (TPSA) is 29.3 Å². The molecule has 1 heterocycles. The van der Waals surface area contributed by atoms with Gasteiger partial charge in [-0.05, 0) is 50.3 Å². The highest BCUT2D eigenvalue weighted by Crippen LogP contribution is 2.15. The molecule has 0 aromatic heterocycles. The van der Waals surface area contributed by atoms with Crippen LogP contribution in [0.4, 0.5) is 0 Å². The van der Waals surface area contributed by atoms with E-state index in [9.17, 15) is 0 Å². The maximum absolute atomic E-state index is 6.02. The molecule has 16 heavy (non-hydrogen) atoms. The van der Waals surface area contributed by atoms with Crippen molar-refractivity contribution in [2.75, 3.05) is 31.6 Å². The van der Waals surface area contributed by atoms with Crippen molar-refractivity contribution in [1.29, 1.82) is 0 Å². The first-order valence-electron chi connectivity index (χ1n) is 6.71. The van der Waals surface area contributed by atoms with Crippen LogP contribution in [-0.4, -0.2) is 42.6 Å². The fraction of sp³-hybridized carbons (Fsp3) is 1.00. The first-order chi connectivity index (χ1) is 7.74. The van der Waals surface area contributed by atoms with Crippen molar-refractivity contribution in [3.8, 4) is 0 Å². The zero-order valence-electron chi connectivity index (χ0n) is 11.0. The molecule has 2 nitrogen and oxygen atoms in total. The summed E-state index contributed by atoms with van der Waals surface area (Å²) in [4.78, 5) is 2.60. The van der Waals surface area contributed by atoms with E-state index in [-0.39, 0.29) is 0 Å². The normalized spacial score (nSPS) is 27.2. The third kappa shape index (κ3) is 5.55. The van der Waals surface area contributed by atoms with E-state index in [0.717, 1.165) is 0 Å². The number of unbranched alkanes of at least 4 members (excludes halogenated alkanes) is 3. The molecule has 0 aliphatic carbocycles. The van der Waals surface area contributed by atoms with Gasteiger partial charge in [0.1, 0.15) is 0 Å². The summed E-state index contributed by atoms with van der Waals surface area (Å²) in [6.07, 6.45) is 8.95. The molecule has 2 unspecified atom stereocenters. The van der Waals surface area contributed by atoms with Crippen molar-refractivity contribution in [3.05, 3.63) is 0 Å². The van der Waals surface area contributed by atoms with Crippen LogP contribution in [0.15, 0.2) is 0 Å². The lowest BCUT2D eigenvalue weighted by atomic mass is 9.94. The molecule has 0 aromatic carbocycles. The van der Waals surface area contributed by atoms with E-state index in [2.05, 4.69) is 18.1 Å². The maximum Gasteiger partial charge on any atom is 0.00889 e. The molecule has 0 spiro atoms. The first-order valence-corrected chi connectivity index (χ1v) is 8.10. The van der Waals surface area contributed by atoms with Crippen LogP contribution >= 0.6 is 11.8 Å². The summed E-state index contributed by atoms with van der Waals surface area (Å²) >= 11 is 1.96. The lowest BCUT2D eigenvalue weighted by Gasteiger charge is -2.35. The van der Waals surface area contributed by atoms with Crippen molar-refractivity contribution >= 4 is 11.8 Å². The SMILES string of the molecule is CSCCCCCCN1CCC(N)C(C)C1. The number of rotatable bonds is 7. The van der Waals surface area contributed by atoms with E-state index < -0.39 is 0 Å². The van der Waals surface area contributed by atoms with Gasteiger partial charge < -0.3 is 10.6 Å². The molecule has 2 atom stereocenters. The molecule has 1 rings (SSSR count). The smallest absolute Gasteiger partial charge is 0.00889 e. The number of hydrogen-bond acceptors (Lipinski definition) is 3. The molecular weight excluding hydrogens is 216 g/mol. The maximum atomic E-state index is 6.02. The highest BCUT2D eigenvalue weighted by molar-refractivity contribution is 7.98. The highest BCUT2D eigenvalue weighted by Gasteiger charge is 2.22. The van der Waals surface area contributed by atoms with Gasteiger partial charge in [-0.3, -0.25) is 0 Å². The Kier molecular flexibility index (Phi) is 7.50. The Labute approximate surface area is 105 Å². The Bertz CT molecular complexity index is 175. The van der Waals surface area contributed by atoms with E-state index in [1.807, 2.05) is 11.8 Å². The van der Waals surface area contributed by atoms with Gasteiger partial charge in [-0.2, -0.15) is 11.8 Å². The van der Waals surface area contributed by atoms with E-state index in [1.165, 1.54) is 57.5 Å². The molecule has 1 fully saturated rings. The van der Waals surface area contributed by atoms with Crippen molar-refractivity contribution < 1.29 is 0 Å². The quantitative estimate of drug-likeness (QED) is 0.698. The van der Waals surface area contributed by atoms with Crippen LogP contribution in [0.1, 0.15) is 39.0 Å². The molecular formula is C13H28N2S. The summed E-state index contributed by atoms with van der Waals surface area (Å²) in [5.74, 6) is 2.01. The zero-order valence-corrected chi connectivity index (χ0v) is 11.8. The fourth-order valence-electron chi connectivity index (χ4n) is 2.39. The van der Waals surface area contributed by atoms with Crippen molar-refractivity contribution in [2.24, 2.45) is 11.7 Å². The predicted molar refractivity (Wildman–Crippen MR) is 75.0 cm³/mol. The summed E-state index contributed by atoms with van der Waals surface area (Å²) in [6.45, 7) is 6.01. The minimum atomic E-state index is 0.442. The Hall–Kier alpha value is 0.270. The summed E-state index contributed by atoms with van der Waals surface area (Å²) in [6, 6.07) is 0.442. The number of piperidine rings is 1. The van der Waals surface area contributed by atoms with E-state index in [0.29, 0.717) is 12.0 Å². The number of likely N-dealkylation sites (tertiary alicyclic amines) is 1. The van der Waals surface area contributed by atoms with Crippen LogP contribution in [0, 0.1) is 5.92 Å². The predicted octanol–water partition coefficient (Wildman–Crippen LogP) is 2.58. The minimum absolute atomic E-state index is 0.442. The van der Waals surface area contributed by atoms with Gasteiger partial charge in [0.15, 0.2) is 0 Å². The molecule has 96 valence electrons. The number of nitrogens with zero attached hydrogens (tertiary/aromatic N) is 1. The third-order valence-corrected chi connectivity index (χ3v) is 4.33. The van der Waals surface area contributed by atoms with Crippen molar-refractivity contribution in [3.63, 3.8) is 0 Å². The van der Waals surface area contributed by atoms with Crippen molar-refractivity contribution in [2.45, 2.75) is 45.1 Å². The Morgan fingerprint density at radius 3 is 2.69 bits per heavy atom. The largest absolute Gasteiger partial charge is 0.327 e. The number of thioether (sulfide) groups is 1. The summed E-state index contributed by atoms with van der Waals surface area (Å²) < 4.78 is 0. The summed E-state index contributed by atoms with van der Waals surface area (Å²) in [5.41, 5.74) is 6.02. The standard InChI is InChI=1S/C13H28N2S/c1-12-11-15(9-7-13(12)14)8-5-3-4-6-10-16-2/h12-13H,3-11,14H2,1-2H3. The Balaban J connectivity index is 1.97. The van der Waals surface area contributed by atoms with Gasteiger partial charge in [0.25, 0.3) is 0 Å². The monoisotopic (exact) mass is 244 g/mol. The molecule has 0 bridgehead atoms.